The number of aryl methyl sites for hydroxylation is 1. The van der Waals surface area contributed by atoms with Crippen molar-refractivity contribution in [3.8, 4) is 0 Å². The lowest BCUT2D eigenvalue weighted by Crippen LogP contribution is -2.38. The van der Waals surface area contributed by atoms with E-state index in [4.69, 9.17) is 4.98 Å². The Morgan fingerprint density at radius 2 is 2.07 bits per heavy atom. The van der Waals surface area contributed by atoms with E-state index < -0.39 is 0 Å². The highest BCUT2D eigenvalue weighted by atomic mass is 14.9. The minimum absolute atomic E-state index is 0.288. The molecule has 0 bridgehead atoms. The Morgan fingerprint density at radius 3 is 2.73 bits per heavy atom. The number of hydrogen-bond donors (Lipinski definition) is 1. The van der Waals surface area contributed by atoms with Crippen molar-refractivity contribution in [1.29, 1.82) is 0 Å². The smallest absolute Gasteiger partial charge is 0.0466 e. The molecule has 0 amide bonds. The van der Waals surface area contributed by atoms with E-state index in [0.717, 1.165) is 19.5 Å². The second-order valence-electron chi connectivity index (χ2n) is 4.68. The predicted octanol–water partition coefficient (Wildman–Crippen LogP) is 2.29. The van der Waals surface area contributed by atoms with Crippen LogP contribution in [0, 0.1) is 0 Å². The van der Waals surface area contributed by atoms with Crippen LogP contribution in [0.3, 0.4) is 0 Å². The van der Waals surface area contributed by atoms with E-state index in [2.05, 4.69) is 37.4 Å². The third kappa shape index (κ3) is 2.20. The monoisotopic (exact) mass is 204 g/mol. The van der Waals surface area contributed by atoms with Crippen molar-refractivity contribution in [2.75, 3.05) is 13.1 Å². The third-order valence-electron chi connectivity index (χ3n) is 3.49. The molecular formula is C13H20N2. The highest BCUT2D eigenvalue weighted by Crippen LogP contribution is 2.31. The first-order valence-corrected chi connectivity index (χ1v) is 5.92. The molecule has 15 heavy (non-hydrogen) atoms. The molecule has 1 aromatic heterocycles. The molecule has 0 aliphatic carbocycles. The van der Waals surface area contributed by atoms with Crippen molar-refractivity contribution in [1.82, 2.24) is 10.3 Å². The normalized spacial score (nSPS) is 20.1. The molecule has 0 spiro atoms. The summed E-state index contributed by atoms with van der Waals surface area (Å²) in [7, 11) is 0. The van der Waals surface area contributed by atoms with E-state index in [9.17, 15) is 0 Å². The zero-order valence-corrected chi connectivity index (χ0v) is 9.71. The largest absolute Gasteiger partial charge is 0.317 e. The Labute approximate surface area is 92.1 Å². The average molecular weight is 204 g/mol. The minimum atomic E-state index is 0.288. The van der Waals surface area contributed by atoms with Gasteiger partial charge in [0.05, 0.1) is 0 Å². The molecule has 1 aliphatic heterocycles. The van der Waals surface area contributed by atoms with Crippen molar-refractivity contribution in [3.05, 3.63) is 29.6 Å². The number of nitrogens with zero attached hydrogens (tertiary/aromatic N) is 1. The van der Waals surface area contributed by atoms with Crippen LogP contribution in [-0.4, -0.2) is 18.1 Å². The molecule has 2 nitrogen and oxygen atoms in total. The maximum Gasteiger partial charge on any atom is 0.0466 e. The molecule has 1 fully saturated rings. The molecule has 0 radical (unpaired) electrons. The third-order valence-corrected chi connectivity index (χ3v) is 3.49. The van der Waals surface area contributed by atoms with Crippen LogP contribution in [0.1, 0.15) is 38.1 Å². The summed E-state index contributed by atoms with van der Waals surface area (Å²) in [5.74, 6) is 0. The first-order chi connectivity index (χ1) is 7.24. The van der Waals surface area contributed by atoms with Crippen LogP contribution in [0.25, 0.3) is 0 Å². The maximum atomic E-state index is 4.76. The van der Waals surface area contributed by atoms with Gasteiger partial charge in [0.15, 0.2) is 0 Å². The molecule has 0 aromatic carbocycles. The second kappa shape index (κ2) is 4.31. The van der Waals surface area contributed by atoms with Crippen LogP contribution in [0.15, 0.2) is 18.2 Å². The first-order valence-electron chi connectivity index (χ1n) is 5.92. The Balaban J connectivity index is 2.26. The Hall–Kier alpha value is -0.890. The molecule has 1 aromatic rings. The molecule has 0 saturated carbocycles. The highest BCUT2D eigenvalue weighted by molar-refractivity contribution is 5.20. The fourth-order valence-corrected chi connectivity index (χ4v) is 2.25. The fraction of sp³-hybridized carbons (Fsp3) is 0.615. The SMILES string of the molecule is CCc1cccc(C2(C)CCNCC2)n1. The van der Waals surface area contributed by atoms with Gasteiger partial charge in [0, 0.05) is 16.8 Å². The Kier molecular flexibility index (Phi) is 3.06. The first kappa shape index (κ1) is 10.6. The van der Waals surface area contributed by atoms with Gasteiger partial charge >= 0.3 is 0 Å². The highest BCUT2D eigenvalue weighted by Gasteiger charge is 2.29. The zero-order chi connectivity index (χ0) is 10.7. The van der Waals surface area contributed by atoms with Gasteiger partial charge < -0.3 is 5.32 Å². The van der Waals surface area contributed by atoms with E-state index in [-0.39, 0.29) is 5.41 Å². The zero-order valence-electron chi connectivity index (χ0n) is 9.71. The lowest BCUT2D eigenvalue weighted by Gasteiger charge is -2.33. The summed E-state index contributed by atoms with van der Waals surface area (Å²) in [6.45, 7) is 6.75. The standard InChI is InChI=1S/C13H20N2/c1-3-11-5-4-6-12(15-11)13(2)7-9-14-10-8-13/h4-6,14H,3,7-10H2,1-2H3. The molecule has 1 aliphatic rings. The molecular weight excluding hydrogens is 184 g/mol. The van der Waals surface area contributed by atoms with Crippen molar-refractivity contribution in [2.24, 2.45) is 0 Å². The van der Waals surface area contributed by atoms with Gasteiger partial charge in [-0.15, -0.1) is 0 Å². The van der Waals surface area contributed by atoms with Crippen LogP contribution in [-0.2, 0) is 11.8 Å². The summed E-state index contributed by atoms with van der Waals surface area (Å²) in [6, 6.07) is 6.45. The summed E-state index contributed by atoms with van der Waals surface area (Å²) in [5.41, 5.74) is 2.78. The molecule has 0 unspecified atom stereocenters. The predicted molar refractivity (Wildman–Crippen MR) is 63.1 cm³/mol. The second-order valence-corrected chi connectivity index (χ2v) is 4.68. The quantitative estimate of drug-likeness (QED) is 0.799. The topological polar surface area (TPSA) is 24.9 Å². The van der Waals surface area contributed by atoms with Gasteiger partial charge in [-0.2, -0.15) is 0 Å². The average Bonchev–Trinajstić information content (AvgIpc) is 2.30. The number of piperidine rings is 1. The van der Waals surface area contributed by atoms with Gasteiger partial charge in [0.1, 0.15) is 0 Å². The fourth-order valence-electron chi connectivity index (χ4n) is 2.25. The van der Waals surface area contributed by atoms with Gasteiger partial charge in [0.2, 0.25) is 0 Å². The van der Waals surface area contributed by atoms with Crippen molar-refractivity contribution in [2.45, 2.75) is 38.5 Å². The molecule has 82 valence electrons. The maximum absolute atomic E-state index is 4.76. The van der Waals surface area contributed by atoms with Crippen LogP contribution in [0.5, 0.6) is 0 Å². The Morgan fingerprint density at radius 1 is 1.33 bits per heavy atom. The lowest BCUT2D eigenvalue weighted by molar-refractivity contribution is 0.327. The van der Waals surface area contributed by atoms with Crippen molar-refractivity contribution in [3.63, 3.8) is 0 Å². The van der Waals surface area contributed by atoms with Crippen molar-refractivity contribution < 1.29 is 0 Å². The van der Waals surface area contributed by atoms with Crippen LogP contribution in [0.4, 0.5) is 0 Å². The molecule has 0 atom stereocenters. The summed E-state index contributed by atoms with van der Waals surface area (Å²) >= 11 is 0. The number of rotatable bonds is 2. The molecule has 1 saturated heterocycles. The van der Waals surface area contributed by atoms with Gasteiger partial charge in [0.25, 0.3) is 0 Å². The van der Waals surface area contributed by atoms with Crippen LogP contribution < -0.4 is 5.32 Å². The summed E-state index contributed by atoms with van der Waals surface area (Å²) in [5, 5.41) is 3.41. The van der Waals surface area contributed by atoms with Crippen LogP contribution in [0.2, 0.25) is 0 Å². The van der Waals surface area contributed by atoms with Crippen LogP contribution >= 0.6 is 0 Å². The van der Waals surface area contributed by atoms with Gasteiger partial charge in [-0.1, -0.05) is 19.9 Å². The van der Waals surface area contributed by atoms with Gasteiger partial charge in [-0.3, -0.25) is 4.98 Å². The van der Waals surface area contributed by atoms with Gasteiger partial charge in [-0.25, -0.2) is 0 Å². The number of pyridine rings is 1. The van der Waals surface area contributed by atoms with E-state index >= 15 is 0 Å². The summed E-state index contributed by atoms with van der Waals surface area (Å²) in [6.07, 6.45) is 3.43. The van der Waals surface area contributed by atoms with Crippen molar-refractivity contribution >= 4 is 0 Å². The molecule has 2 heterocycles. The molecule has 2 heteroatoms. The lowest BCUT2D eigenvalue weighted by atomic mass is 9.78. The number of nitrogens with one attached hydrogen (secondary N) is 1. The van der Waals surface area contributed by atoms with E-state index in [0.29, 0.717) is 0 Å². The molecule has 1 N–H and O–H groups in total. The number of aromatic nitrogens is 1. The Bertz CT molecular complexity index is 327. The molecule has 2 rings (SSSR count). The van der Waals surface area contributed by atoms with Gasteiger partial charge in [-0.05, 0) is 44.5 Å². The van der Waals surface area contributed by atoms with E-state index in [1.54, 1.807) is 0 Å². The summed E-state index contributed by atoms with van der Waals surface area (Å²) < 4.78 is 0. The summed E-state index contributed by atoms with van der Waals surface area (Å²) in [4.78, 5) is 4.76. The number of hydrogen-bond acceptors (Lipinski definition) is 2. The minimum Gasteiger partial charge on any atom is -0.317 e. The van der Waals surface area contributed by atoms with E-state index in [1.807, 2.05) is 0 Å². The van der Waals surface area contributed by atoms with E-state index in [1.165, 1.54) is 24.2 Å².